The Labute approximate surface area is 204 Å². The van der Waals surface area contributed by atoms with E-state index in [1.807, 2.05) is 48.0 Å². The quantitative estimate of drug-likeness (QED) is 0.466. The lowest BCUT2D eigenvalue weighted by Gasteiger charge is -2.32. The minimum Gasteiger partial charge on any atom is -0.338 e. The number of benzene rings is 2. The molecule has 1 N–H and O–H groups in total. The summed E-state index contributed by atoms with van der Waals surface area (Å²) in [7, 11) is 0. The van der Waals surface area contributed by atoms with Crippen LogP contribution in [0.25, 0.3) is 11.0 Å². The number of carbonyl (C=O) groups excluding carboxylic acids is 2. The SMILES string of the molecule is Cc1ccc(Cn2ncc3c(C(=O)N4CCCC(C(=O)Nc5ccccc5)C4)cc(C)nc32)cc1. The van der Waals surface area contributed by atoms with E-state index < -0.39 is 0 Å². The molecule has 7 nitrogen and oxygen atoms in total. The molecule has 0 radical (unpaired) electrons. The number of aryl methyl sites for hydroxylation is 2. The molecular formula is C28H29N5O2. The zero-order valence-corrected chi connectivity index (χ0v) is 20.1. The van der Waals surface area contributed by atoms with Crippen molar-refractivity contribution in [1.82, 2.24) is 19.7 Å². The van der Waals surface area contributed by atoms with Gasteiger partial charge in [0, 0.05) is 24.5 Å². The number of nitrogens with zero attached hydrogens (tertiary/aromatic N) is 4. The van der Waals surface area contributed by atoms with Gasteiger partial charge in [-0.15, -0.1) is 0 Å². The number of carbonyl (C=O) groups is 2. The Hall–Kier alpha value is -4.00. The third-order valence-corrected chi connectivity index (χ3v) is 6.54. The molecule has 0 aliphatic carbocycles. The van der Waals surface area contributed by atoms with Gasteiger partial charge in [-0.2, -0.15) is 5.10 Å². The van der Waals surface area contributed by atoms with Crippen molar-refractivity contribution in [1.29, 1.82) is 0 Å². The molecule has 35 heavy (non-hydrogen) atoms. The van der Waals surface area contributed by atoms with E-state index in [2.05, 4.69) is 41.6 Å². The van der Waals surface area contributed by atoms with E-state index in [4.69, 9.17) is 4.98 Å². The minimum absolute atomic E-state index is 0.0457. The molecule has 3 heterocycles. The number of para-hydroxylation sites is 1. The number of fused-ring (bicyclic) bond motifs is 1. The van der Waals surface area contributed by atoms with E-state index in [-0.39, 0.29) is 17.7 Å². The van der Waals surface area contributed by atoms with Gasteiger partial charge in [-0.25, -0.2) is 9.67 Å². The first kappa shape index (κ1) is 22.8. The van der Waals surface area contributed by atoms with Crippen LogP contribution in [0.3, 0.4) is 0 Å². The maximum Gasteiger partial charge on any atom is 0.254 e. The van der Waals surface area contributed by atoms with Crippen molar-refractivity contribution in [2.45, 2.75) is 33.2 Å². The summed E-state index contributed by atoms with van der Waals surface area (Å²) in [5, 5.41) is 8.27. The van der Waals surface area contributed by atoms with E-state index in [1.165, 1.54) is 5.56 Å². The van der Waals surface area contributed by atoms with Gasteiger partial charge in [0.1, 0.15) is 0 Å². The van der Waals surface area contributed by atoms with Crippen molar-refractivity contribution >= 4 is 28.5 Å². The lowest BCUT2D eigenvalue weighted by atomic mass is 9.96. The highest BCUT2D eigenvalue weighted by atomic mass is 16.2. The third kappa shape index (κ3) is 4.94. The standard InChI is InChI=1S/C28H29N5O2/c1-19-10-12-21(13-11-19)17-33-26-25(16-29-33)24(15-20(2)30-26)28(35)32-14-6-7-22(18-32)27(34)31-23-8-4-3-5-9-23/h3-5,8-13,15-16,22H,6-7,14,17-18H2,1-2H3,(H,31,34). The number of piperidine rings is 1. The number of amides is 2. The molecule has 2 aromatic heterocycles. The van der Waals surface area contributed by atoms with Crippen LogP contribution in [0.1, 0.15) is 40.0 Å². The first-order valence-corrected chi connectivity index (χ1v) is 12.0. The summed E-state index contributed by atoms with van der Waals surface area (Å²) in [6.45, 7) is 5.57. The molecule has 5 rings (SSSR count). The molecule has 4 aromatic rings. The summed E-state index contributed by atoms with van der Waals surface area (Å²) in [6.07, 6.45) is 3.28. The number of likely N-dealkylation sites (tertiary alicyclic amines) is 1. The fourth-order valence-electron chi connectivity index (χ4n) is 4.64. The Morgan fingerprint density at radius 1 is 1.06 bits per heavy atom. The number of pyridine rings is 1. The number of aromatic nitrogens is 3. The molecule has 2 aromatic carbocycles. The summed E-state index contributed by atoms with van der Waals surface area (Å²) < 4.78 is 1.84. The molecular weight excluding hydrogens is 438 g/mol. The maximum atomic E-state index is 13.6. The van der Waals surface area contributed by atoms with Crippen LogP contribution in [0.2, 0.25) is 0 Å². The van der Waals surface area contributed by atoms with Crippen molar-refractivity contribution in [3.63, 3.8) is 0 Å². The summed E-state index contributed by atoms with van der Waals surface area (Å²) in [4.78, 5) is 33.0. The van der Waals surface area contributed by atoms with Crippen LogP contribution in [-0.4, -0.2) is 44.6 Å². The van der Waals surface area contributed by atoms with E-state index in [1.54, 1.807) is 11.1 Å². The lowest BCUT2D eigenvalue weighted by molar-refractivity contribution is -0.121. The molecule has 1 fully saturated rings. The van der Waals surface area contributed by atoms with Crippen molar-refractivity contribution in [3.05, 3.63) is 89.2 Å². The highest BCUT2D eigenvalue weighted by Gasteiger charge is 2.30. The maximum absolute atomic E-state index is 13.6. The van der Waals surface area contributed by atoms with Crippen LogP contribution in [-0.2, 0) is 11.3 Å². The van der Waals surface area contributed by atoms with Gasteiger partial charge < -0.3 is 10.2 Å². The first-order valence-electron chi connectivity index (χ1n) is 12.0. The smallest absolute Gasteiger partial charge is 0.254 e. The van der Waals surface area contributed by atoms with Gasteiger partial charge in [-0.05, 0) is 50.5 Å². The molecule has 0 bridgehead atoms. The molecule has 1 atom stereocenters. The zero-order chi connectivity index (χ0) is 24.4. The number of hydrogen-bond acceptors (Lipinski definition) is 4. The average Bonchev–Trinajstić information content (AvgIpc) is 3.27. The van der Waals surface area contributed by atoms with Crippen molar-refractivity contribution in [2.75, 3.05) is 18.4 Å². The fraction of sp³-hybridized carbons (Fsp3) is 0.286. The summed E-state index contributed by atoms with van der Waals surface area (Å²) in [5.41, 5.74) is 5.16. The van der Waals surface area contributed by atoms with Gasteiger partial charge in [0.15, 0.2) is 5.65 Å². The van der Waals surface area contributed by atoms with Crippen LogP contribution in [0.5, 0.6) is 0 Å². The van der Waals surface area contributed by atoms with Crippen molar-refractivity contribution in [2.24, 2.45) is 5.92 Å². The molecule has 1 aliphatic rings. The second-order valence-corrected chi connectivity index (χ2v) is 9.28. The van der Waals surface area contributed by atoms with Crippen LogP contribution < -0.4 is 5.32 Å². The predicted molar refractivity (Wildman–Crippen MR) is 136 cm³/mol. The Bertz CT molecular complexity index is 1360. The van der Waals surface area contributed by atoms with E-state index in [9.17, 15) is 9.59 Å². The first-order chi connectivity index (χ1) is 17.0. The average molecular weight is 468 g/mol. The van der Waals surface area contributed by atoms with E-state index in [0.717, 1.165) is 35.2 Å². The Kier molecular flexibility index (Phi) is 6.31. The van der Waals surface area contributed by atoms with Gasteiger partial charge in [0.2, 0.25) is 5.91 Å². The van der Waals surface area contributed by atoms with Gasteiger partial charge in [-0.1, -0.05) is 48.0 Å². The van der Waals surface area contributed by atoms with E-state index >= 15 is 0 Å². The van der Waals surface area contributed by atoms with Crippen LogP contribution in [0, 0.1) is 19.8 Å². The fourth-order valence-corrected chi connectivity index (χ4v) is 4.64. The Morgan fingerprint density at radius 2 is 1.83 bits per heavy atom. The molecule has 0 saturated carbocycles. The molecule has 178 valence electrons. The number of hydrogen-bond donors (Lipinski definition) is 1. The Balaban J connectivity index is 1.36. The van der Waals surface area contributed by atoms with Gasteiger partial charge in [0.25, 0.3) is 5.91 Å². The van der Waals surface area contributed by atoms with Gasteiger partial charge >= 0.3 is 0 Å². The van der Waals surface area contributed by atoms with E-state index in [0.29, 0.717) is 30.8 Å². The summed E-state index contributed by atoms with van der Waals surface area (Å²) in [6, 6.07) is 19.6. The normalized spacial score (nSPS) is 15.8. The minimum atomic E-state index is -0.240. The van der Waals surface area contributed by atoms with Crippen LogP contribution in [0.4, 0.5) is 5.69 Å². The monoisotopic (exact) mass is 467 g/mol. The molecule has 7 heteroatoms. The molecule has 2 amide bonds. The molecule has 1 unspecified atom stereocenters. The molecule has 1 saturated heterocycles. The van der Waals surface area contributed by atoms with Crippen LogP contribution in [0.15, 0.2) is 66.9 Å². The second kappa shape index (κ2) is 9.70. The van der Waals surface area contributed by atoms with Crippen molar-refractivity contribution in [3.8, 4) is 0 Å². The lowest BCUT2D eigenvalue weighted by Crippen LogP contribution is -2.43. The molecule has 1 aliphatic heterocycles. The summed E-state index contributed by atoms with van der Waals surface area (Å²) in [5.74, 6) is -0.362. The largest absolute Gasteiger partial charge is 0.338 e. The topological polar surface area (TPSA) is 80.1 Å². The highest BCUT2D eigenvalue weighted by Crippen LogP contribution is 2.25. The third-order valence-electron chi connectivity index (χ3n) is 6.54. The van der Waals surface area contributed by atoms with Gasteiger partial charge in [0.05, 0.1) is 29.6 Å². The molecule has 0 spiro atoms. The number of rotatable bonds is 5. The zero-order valence-electron chi connectivity index (χ0n) is 20.1. The predicted octanol–water partition coefficient (Wildman–Crippen LogP) is 4.59. The number of nitrogens with one attached hydrogen (secondary N) is 1. The summed E-state index contributed by atoms with van der Waals surface area (Å²) >= 11 is 0. The number of anilines is 1. The Morgan fingerprint density at radius 3 is 2.60 bits per heavy atom. The second-order valence-electron chi connectivity index (χ2n) is 9.28. The van der Waals surface area contributed by atoms with Gasteiger partial charge in [-0.3, -0.25) is 9.59 Å². The highest BCUT2D eigenvalue weighted by molar-refractivity contribution is 6.06. The van der Waals surface area contributed by atoms with Crippen LogP contribution >= 0.6 is 0 Å². The van der Waals surface area contributed by atoms with Crippen molar-refractivity contribution < 1.29 is 9.59 Å².